The van der Waals surface area contributed by atoms with Gasteiger partial charge in [0, 0.05) is 19.6 Å². The first-order valence-corrected chi connectivity index (χ1v) is 10.4. The summed E-state index contributed by atoms with van der Waals surface area (Å²) in [6.07, 6.45) is 1.10. The van der Waals surface area contributed by atoms with Crippen molar-refractivity contribution in [1.29, 1.82) is 0 Å². The Bertz CT molecular complexity index is 863. The predicted molar refractivity (Wildman–Crippen MR) is 115 cm³/mol. The number of likely N-dealkylation sites (tertiary alicyclic amines) is 1. The van der Waals surface area contributed by atoms with Crippen LogP contribution in [-0.2, 0) is 23.4 Å². The molecule has 3 rings (SSSR count). The number of tetrazole rings is 1. The number of piperidine rings is 1. The van der Waals surface area contributed by atoms with E-state index in [1.165, 1.54) is 5.56 Å². The molecule has 1 aliphatic heterocycles. The average Bonchev–Trinajstić information content (AvgIpc) is 3.14. The molecule has 0 unspecified atom stereocenters. The van der Waals surface area contributed by atoms with Crippen LogP contribution < -0.4 is 5.32 Å². The third kappa shape index (κ3) is 5.44. The number of benzene rings is 1. The molecule has 1 amide bonds. The van der Waals surface area contributed by atoms with Crippen LogP contribution in [0.15, 0.2) is 42.5 Å². The third-order valence-electron chi connectivity index (χ3n) is 5.12. The summed E-state index contributed by atoms with van der Waals surface area (Å²) in [5, 5.41) is 16.2. The Labute approximate surface area is 178 Å². The Morgan fingerprint density at radius 1 is 1.23 bits per heavy atom. The number of aromatic nitrogens is 4. The van der Waals surface area contributed by atoms with E-state index < -0.39 is 11.1 Å². The van der Waals surface area contributed by atoms with Crippen molar-refractivity contribution in [2.75, 3.05) is 13.1 Å². The van der Waals surface area contributed by atoms with Gasteiger partial charge in [-0.05, 0) is 56.5 Å². The number of nitrogens with one attached hydrogen (secondary N) is 1. The molecule has 1 aliphatic rings. The predicted octanol–water partition coefficient (Wildman–Crippen LogP) is 3.27. The van der Waals surface area contributed by atoms with E-state index >= 15 is 0 Å². The SMILES string of the molecule is C=C(C)Cn1nnnc1C1(NCc2ccccc2)CCN(C(=O)OC(C)(C)C)CC1. The van der Waals surface area contributed by atoms with Gasteiger partial charge in [0.2, 0.25) is 0 Å². The van der Waals surface area contributed by atoms with Crippen molar-refractivity contribution in [3.05, 3.63) is 53.9 Å². The molecule has 0 radical (unpaired) electrons. The maximum absolute atomic E-state index is 12.5. The molecular formula is C22H32N6O2. The molecule has 0 saturated carbocycles. The molecule has 1 aromatic heterocycles. The quantitative estimate of drug-likeness (QED) is 0.733. The van der Waals surface area contributed by atoms with Crippen molar-refractivity contribution >= 4 is 6.09 Å². The highest BCUT2D eigenvalue weighted by atomic mass is 16.6. The van der Waals surface area contributed by atoms with Crippen molar-refractivity contribution in [3.8, 4) is 0 Å². The molecule has 1 fully saturated rings. The summed E-state index contributed by atoms with van der Waals surface area (Å²) in [5.74, 6) is 0.783. The Morgan fingerprint density at radius 3 is 2.50 bits per heavy atom. The minimum Gasteiger partial charge on any atom is -0.444 e. The largest absolute Gasteiger partial charge is 0.444 e. The monoisotopic (exact) mass is 412 g/mol. The highest BCUT2D eigenvalue weighted by molar-refractivity contribution is 5.68. The van der Waals surface area contributed by atoms with Gasteiger partial charge in [-0.2, -0.15) is 0 Å². The van der Waals surface area contributed by atoms with Crippen LogP contribution in [0, 0.1) is 0 Å². The number of allylic oxidation sites excluding steroid dienone is 1. The van der Waals surface area contributed by atoms with E-state index in [0.717, 1.165) is 11.4 Å². The Balaban J connectivity index is 1.80. The van der Waals surface area contributed by atoms with Crippen LogP contribution in [0.1, 0.15) is 51.9 Å². The average molecular weight is 413 g/mol. The highest BCUT2D eigenvalue weighted by Crippen LogP contribution is 2.33. The minimum atomic E-state index is -0.511. The number of hydrogen-bond donors (Lipinski definition) is 1. The lowest BCUT2D eigenvalue weighted by molar-refractivity contribution is 0.0132. The number of rotatable bonds is 6. The van der Waals surface area contributed by atoms with Gasteiger partial charge in [0.15, 0.2) is 5.82 Å². The number of hydrogen-bond acceptors (Lipinski definition) is 6. The number of carbonyl (C=O) groups is 1. The lowest BCUT2D eigenvalue weighted by Gasteiger charge is -2.41. The fourth-order valence-corrected chi connectivity index (χ4v) is 3.65. The molecule has 162 valence electrons. The van der Waals surface area contributed by atoms with Crippen LogP contribution in [-0.4, -0.2) is 49.9 Å². The van der Waals surface area contributed by atoms with Crippen LogP contribution in [0.2, 0.25) is 0 Å². The zero-order valence-electron chi connectivity index (χ0n) is 18.4. The zero-order valence-corrected chi connectivity index (χ0v) is 18.4. The van der Waals surface area contributed by atoms with Gasteiger partial charge in [-0.3, -0.25) is 0 Å². The highest BCUT2D eigenvalue weighted by Gasteiger charge is 2.42. The molecule has 1 aromatic carbocycles. The van der Waals surface area contributed by atoms with Crippen molar-refractivity contribution in [2.45, 2.75) is 64.8 Å². The second-order valence-electron chi connectivity index (χ2n) is 9.01. The van der Waals surface area contributed by atoms with Crippen LogP contribution in [0.4, 0.5) is 4.79 Å². The summed E-state index contributed by atoms with van der Waals surface area (Å²) in [4.78, 5) is 14.3. The van der Waals surface area contributed by atoms with E-state index in [1.807, 2.05) is 50.6 Å². The van der Waals surface area contributed by atoms with E-state index in [4.69, 9.17) is 4.74 Å². The summed E-state index contributed by atoms with van der Waals surface area (Å²) < 4.78 is 7.36. The molecule has 8 nitrogen and oxygen atoms in total. The first kappa shape index (κ1) is 22.0. The molecule has 2 aromatic rings. The van der Waals surface area contributed by atoms with Gasteiger partial charge >= 0.3 is 6.09 Å². The first-order chi connectivity index (χ1) is 14.2. The van der Waals surface area contributed by atoms with Gasteiger partial charge in [0.25, 0.3) is 0 Å². The summed E-state index contributed by atoms with van der Waals surface area (Å²) in [6.45, 7) is 14.0. The van der Waals surface area contributed by atoms with Crippen LogP contribution in [0.5, 0.6) is 0 Å². The summed E-state index contributed by atoms with van der Waals surface area (Å²) >= 11 is 0. The maximum atomic E-state index is 12.5. The molecule has 2 heterocycles. The van der Waals surface area contributed by atoms with E-state index in [-0.39, 0.29) is 6.09 Å². The summed E-state index contributed by atoms with van der Waals surface area (Å²) in [7, 11) is 0. The Morgan fingerprint density at radius 2 is 1.90 bits per heavy atom. The number of nitrogens with zero attached hydrogens (tertiary/aromatic N) is 5. The molecule has 1 saturated heterocycles. The van der Waals surface area contributed by atoms with E-state index in [1.54, 1.807) is 4.90 Å². The molecule has 0 spiro atoms. The van der Waals surface area contributed by atoms with Crippen molar-refractivity contribution in [3.63, 3.8) is 0 Å². The van der Waals surface area contributed by atoms with E-state index in [9.17, 15) is 4.79 Å². The lowest BCUT2D eigenvalue weighted by Crippen LogP contribution is -2.54. The van der Waals surface area contributed by atoms with Crippen LogP contribution in [0.25, 0.3) is 0 Å². The van der Waals surface area contributed by atoms with Crippen molar-refractivity contribution in [1.82, 2.24) is 30.4 Å². The van der Waals surface area contributed by atoms with E-state index in [0.29, 0.717) is 39.0 Å². The first-order valence-electron chi connectivity index (χ1n) is 10.4. The van der Waals surface area contributed by atoms with Crippen molar-refractivity contribution in [2.24, 2.45) is 0 Å². The van der Waals surface area contributed by atoms with Gasteiger partial charge < -0.3 is 15.0 Å². The molecule has 0 aliphatic carbocycles. The van der Waals surface area contributed by atoms with Gasteiger partial charge in [0.05, 0.1) is 12.1 Å². The molecular weight excluding hydrogens is 380 g/mol. The zero-order chi connectivity index (χ0) is 21.8. The molecule has 0 bridgehead atoms. The normalized spacial score (nSPS) is 16.3. The molecule has 1 N–H and O–H groups in total. The Kier molecular flexibility index (Phi) is 6.55. The van der Waals surface area contributed by atoms with Crippen molar-refractivity contribution < 1.29 is 9.53 Å². The number of amides is 1. The second-order valence-corrected chi connectivity index (χ2v) is 9.01. The second kappa shape index (κ2) is 8.95. The topological polar surface area (TPSA) is 85.2 Å². The van der Waals surface area contributed by atoms with Gasteiger partial charge in [-0.1, -0.05) is 42.5 Å². The third-order valence-corrected chi connectivity index (χ3v) is 5.12. The molecule has 0 atom stereocenters. The lowest BCUT2D eigenvalue weighted by atomic mass is 9.86. The fourth-order valence-electron chi connectivity index (χ4n) is 3.65. The minimum absolute atomic E-state index is 0.277. The maximum Gasteiger partial charge on any atom is 0.410 e. The number of carbonyl (C=O) groups excluding carboxylic acids is 1. The number of ether oxygens (including phenoxy) is 1. The molecule has 30 heavy (non-hydrogen) atoms. The summed E-state index contributed by atoms with van der Waals surface area (Å²) in [6, 6.07) is 10.2. The summed E-state index contributed by atoms with van der Waals surface area (Å²) in [5.41, 5.74) is 1.22. The molecule has 8 heteroatoms. The van der Waals surface area contributed by atoms with Gasteiger partial charge in [0.1, 0.15) is 5.60 Å². The van der Waals surface area contributed by atoms with Gasteiger partial charge in [-0.25, -0.2) is 9.48 Å². The van der Waals surface area contributed by atoms with E-state index in [2.05, 4.69) is 39.6 Å². The van der Waals surface area contributed by atoms with Gasteiger partial charge in [-0.15, -0.1) is 5.10 Å². The Hall–Kier alpha value is -2.74. The smallest absolute Gasteiger partial charge is 0.410 e. The standard InChI is InChI=1S/C22H32N6O2/c1-17(2)16-28-19(24-25-26-28)22(23-15-18-9-7-6-8-10-18)11-13-27(14-12-22)20(29)30-21(3,4)5/h6-10,23H,1,11-16H2,2-5H3. The van der Waals surface area contributed by atoms with Crippen LogP contribution in [0.3, 0.4) is 0 Å². The van der Waals surface area contributed by atoms with Crippen LogP contribution >= 0.6 is 0 Å². The fraction of sp³-hybridized carbons (Fsp3) is 0.545.